The van der Waals surface area contributed by atoms with Gasteiger partial charge in [-0.15, -0.1) is 0 Å². The van der Waals surface area contributed by atoms with Gasteiger partial charge in [-0.3, -0.25) is 4.79 Å². The van der Waals surface area contributed by atoms with Crippen LogP contribution in [0.15, 0.2) is 36.2 Å². The van der Waals surface area contributed by atoms with Gasteiger partial charge in [0.25, 0.3) is 0 Å². The largest absolute Gasteiger partial charge is 0.487 e. The maximum Gasteiger partial charge on any atom is 0.150 e. The Hall–Kier alpha value is -1.72. The number of hydrogen-bond acceptors (Lipinski definition) is 4. The summed E-state index contributed by atoms with van der Waals surface area (Å²) < 4.78 is 17.9. The number of hydrogen-bond donors (Lipinski definition) is 2. The lowest BCUT2D eigenvalue weighted by Crippen LogP contribution is -2.26. The number of nitrogens with two attached hydrogens (primary N) is 1. The van der Waals surface area contributed by atoms with Gasteiger partial charge in [-0.05, 0) is 50.2 Å². The van der Waals surface area contributed by atoms with Crippen molar-refractivity contribution in [3.8, 4) is 5.75 Å². The van der Waals surface area contributed by atoms with Crippen molar-refractivity contribution in [3.05, 3.63) is 41.7 Å². The molecule has 23 heavy (non-hydrogen) atoms. The molecule has 5 heteroatoms. The molecule has 0 radical (unpaired) electrons. The molecular formula is C18H27FN2O2. The molecule has 0 atom stereocenters. The molecule has 0 aromatic heterocycles. The van der Waals surface area contributed by atoms with Gasteiger partial charge in [0.15, 0.2) is 0 Å². The number of rotatable bonds is 6. The Morgan fingerprint density at radius 3 is 2.43 bits per heavy atom. The standard InChI is InChI=1S/C11H12FNO2.C7H15N/c12-10(5-6-13)8-15-11-3-1-9(7-14)2-4-11;1-8-7-5-3-2-4-6-7/h1-5,7H,6,8,13H2;7-8H,2-6H2,1H3/b10-5+;. The van der Waals surface area contributed by atoms with Gasteiger partial charge in [0, 0.05) is 18.2 Å². The van der Waals surface area contributed by atoms with Crippen LogP contribution in [0.2, 0.25) is 0 Å². The van der Waals surface area contributed by atoms with Gasteiger partial charge in [-0.25, -0.2) is 4.39 Å². The molecule has 2 rings (SSSR count). The quantitative estimate of drug-likeness (QED) is 0.789. The zero-order valence-corrected chi connectivity index (χ0v) is 13.8. The van der Waals surface area contributed by atoms with Crippen LogP contribution in [0, 0.1) is 0 Å². The number of benzene rings is 1. The minimum atomic E-state index is -0.406. The first-order chi connectivity index (χ1) is 11.2. The fourth-order valence-electron chi connectivity index (χ4n) is 2.37. The van der Waals surface area contributed by atoms with Crippen LogP contribution in [0.3, 0.4) is 0 Å². The van der Waals surface area contributed by atoms with Gasteiger partial charge in [0.1, 0.15) is 24.5 Å². The van der Waals surface area contributed by atoms with E-state index >= 15 is 0 Å². The third-order valence-electron chi connectivity index (χ3n) is 3.75. The van der Waals surface area contributed by atoms with Crippen LogP contribution in [0.25, 0.3) is 0 Å². The lowest BCUT2D eigenvalue weighted by Gasteiger charge is -2.20. The molecular weight excluding hydrogens is 295 g/mol. The number of carbonyl (C=O) groups is 1. The molecule has 1 aromatic carbocycles. The first-order valence-corrected chi connectivity index (χ1v) is 8.09. The Balaban J connectivity index is 0.000000277. The van der Waals surface area contributed by atoms with Gasteiger partial charge < -0.3 is 15.8 Å². The summed E-state index contributed by atoms with van der Waals surface area (Å²) in [6.07, 6.45) is 9.11. The van der Waals surface area contributed by atoms with Crippen molar-refractivity contribution in [2.75, 3.05) is 20.2 Å². The molecule has 1 aliphatic rings. The molecule has 0 saturated heterocycles. The number of aldehydes is 1. The average molecular weight is 322 g/mol. The Morgan fingerprint density at radius 2 is 1.96 bits per heavy atom. The van der Waals surface area contributed by atoms with E-state index in [0.717, 1.165) is 12.3 Å². The molecule has 0 aliphatic heterocycles. The van der Waals surface area contributed by atoms with Crippen LogP contribution < -0.4 is 15.8 Å². The minimum Gasteiger partial charge on any atom is -0.487 e. The van der Waals surface area contributed by atoms with E-state index in [-0.39, 0.29) is 13.2 Å². The molecule has 0 heterocycles. The lowest BCUT2D eigenvalue weighted by molar-refractivity contribution is 0.112. The van der Waals surface area contributed by atoms with Crippen LogP contribution in [0.1, 0.15) is 42.5 Å². The molecule has 1 aromatic rings. The lowest BCUT2D eigenvalue weighted by atomic mass is 9.96. The molecule has 1 aliphatic carbocycles. The highest BCUT2D eigenvalue weighted by Gasteiger charge is 2.09. The van der Waals surface area contributed by atoms with E-state index < -0.39 is 5.83 Å². The third-order valence-corrected chi connectivity index (χ3v) is 3.75. The summed E-state index contributed by atoms with van der Waals surface area (Å²) in [6, 6.07) is 7.27. The summed E-state index contributed by atoms with van der Waals surface area (Å²) in [5.41, 5.74) is 5.68. The number of carbonyl (C=O) groups excluding carboxylic acids is 1. The minimum absolute atomic E-state index is 0.141. The molecule has 0 unspecified atom stereocenters. The molecule has 128 valence electrons. The first kappa shape index (κ1) is 19.3. The normalized spacial score (nSPS) is 15.5. The Kier molecular flexibility index (Phi) is 9.91. The highest BCUT2D eigenvalue weighted by molar-refractivity contribution is 5.74. The summed E-state index contributed by atoms with van der Waals surface area (Å²) in [5, 5.41) is 3.30. The first-order valence-electron chi connectivity index (χ1n) is 8.09. The molecule has 1 fully saturated rings. The fourth-order valence-corrected chi connectivity index (χ4v) is 2.37. The third kappa shape index (κ3) is 8.47. The van der Waals surface area contributed by atoms with Crippen LogP contribution in [0.5, 0.6) is 5.75 Å². The number of nitrogens with one attached hydrogen (secondary N) is 1. The second kappa shape index (κ2) is 11.8. The van der Waals surface area contributed by atoms with E-state index in [0.29, 0.717) is 11.3 Å². The van der Waals surface area contributed by atoms with Gasteiger partial charge in [0.2, 0.25) is 0 Å². The smallest absolute Gasteiger partial charge is 0.150 e. The predicted octanol–water partition coefficient (Wildman–Crippen LogP) is 3.23. The molecule has 1 saturated carbocycles. The van der Waals surface area contributed by atoms with Crippen LogP contribution >= 0.6 is 0 Å². The SMILES string of the molecule is CNC1CCCCC1.NC/C=C(/F)COc1ccc(C=O)cc1. The van der Waals surface area contributed by atoms with Crippen molar-refractivity contribution >= 4 is 6.29 Å². The molecule has 0 bridgehead atoms. The summed E-state index contributed by atoms with van der Waals surface area (Å²) in [7, 11) is 2.07. The number of ether oxygens (including phenoxy) is 1. The topological polar surface area (TPSA) is 64.3 Å². The summed E-state index contributed by atoms with van der Waals surface area (Å²) in [5.74, 6) is 0.109. The molecule has 4 nitrogen and oxygen atoms in total. The summed E-state index contributed by atoms with van der Waals surface area (Å²) >= 11 is 0. The Labute approximate surface area is 137 Å². The van der Waals surface area contributed by atoms with E-state index in [1.165, 1.54) is 38.2 Å². The monoisotopic (exact) mass is 322 g/mol. The van der Waals surface area contributed by atoms with Crippen molar-refractivity contribution < 1.29 is 13.9 Å². The van der Waals surface area contributed by atoms with Crippen LogP contribution in [-0.4, -0.2) is 32.5 Å². The zero-order valence-electron chi connectivity index (χ0n) is 13.8. The van der Waals surface area contributed by atoms with E-state index in [9.17, 15) is 9.18 Å². The Bertz CT molecular complexity index is 468. The van der Waals surface area contributed by atoms with Crippen molar-refractivity contribution in [2.24, 2.45) is 5.73 Å². The molecule has 0 amide bonds. The summed E-state index contributed by atoms with van der Waals surface area (Å²) in [4.78, 5) is 10.3. The molecule has 0 spiro atoms. The molecule has 3 N–H and O–H groups in total. The average Bonchev–Trinajstić information content (AvgIpc) is 2.62. The second-order valence-electron chi connectivity index (χ2n) is 5.49. The van der Waals surface area contributed by atoms with E-state index in [1.807, 2.05) is 0 Å². The highest BCUT2D eigenvalue weighted by atomic mass is 19.1. The van der Waals surface area contributed by atoms with Crippen LogP contribution in [0.4, 0.5) is 4.39 Å². The van der Waals surface area contributed by atoms with Crippen molar-refractivity contribution in [2.45, 2.75) is 38.1 Å². The van der Waals surface area contributed by atoms with Crippen molar-refractivity contribution in [1.82, 2.24) is 5.32 Å². The highest BCUT2D eigenvalue weighted by Crippen LogP contribution is 2.16. The second-order valence-corrected chi connectivity index (χ2v) is 5.49. The van der Waals surface area contributed by atoms with Crippen molar-refractivity contribution in [3.63, 3.8) is 0 Å². The predicted molar refractivity (Wildman–Crippen MR) is 91.5 cm³/mol. The summed E-state index contributed by atoms with van der Waals surface area (Å²) in [6.45, 7) is 0.0108. The maximum absolute atomic E-state index is 12.8. The van der Waals surface area contributed by atoms with Gasteiger partial charge in [-0.2, -0.15) is 0 Å². The van der Waals surface area contributed by atoms with Gasteiger partial charge >= 0.3 is 0 Å². The van der Waals surface area contributed by atoms with Crippen molar-refractivity contribution in [1.29, 1.82) is 0 Å². The maximum atomic E-state index is 12.8. The number of halogens is 1. The van der Waals surface area contributed by atoms with Gasteiger partial charge in [0.05, 0.1) is 0 Å². The Morgan fingerprint density at radius 1 is 1.30 bits per heavy atom. The van der Waals surface area contributed by atoms with Crippen LogP contribution in [-0.2, 0) is 0 Å². The van der Waals surface area contributed by atoms with E-state index in [2.05, 4.69) is 12.4 Å². The fraction of sp³-hybridized carbons (Fsp3) is 0.500. The van der Waals surface area contributed by atoms with Gasteiger partial charge in [-0.1, -0.05) is 19.3 Å². The van der Waals surface area contributed by atoms with E-state index in [4.69, 9.17) is 10.5 Å². The zero-order chi connectivity index (χ0) is 16.9. The van der Waals surface area contributed by atoms with E-state index in [1.54, 1.807) is 24.3 Å².